The number of likely N-dealkylation sites (N-methyl/N-ethyl adjacent to an activating group) is 1. The van der Waals surface area contributed by atoms with Gasteiger partial charge in [-0.3, -0.25) is 14.4 Å². The second kappa shape index (κ2) is 6.54. The van der Waals surface area contributed by atoms with Crippen LogP contribution in [0.15, 0.2) is 16.9 Å². The molecule has 7 heteroatoms. The minimum atomic E-state index is -1.10. The fraction of sp³-hybridized carbons (Fsp3) is 0.562. The summed E-state index contributed by atoms with van der Waals surface area (Å²) in [5, 5.41) is 2.54. The van der Waals surface area contributed by atoms with Crippen molar-refractivity contribution in [2.75, 3.05) is 26.7 Å². The summed E-state index contributed by atoms with van der Waals surface area (Å²) < 4.78 is 5.52. The van der Waals surface area contributed by atoms with E-state index in [1.807, 2.05) is 13.8 Å². The maximum Gasteiger partial charge on any atom is 0.261 e. The van der Waals surface area contributed by atoms with E-state index in [0.29, 0.717) is 6.54 Å². The van der Waals surface area contributed by atoms with E-state index in [2.05, 4.69) is 10.3 Å². The van der Waals surface area contributed by atoms with Gasteiger partial charge in [-0.1, -0.05) is 13.8 Å². The van der Waals surface area contributed by atoms with E-state index < -0.39 is 11.2 Å². The predicted molar refractivity (Wildman–Crippen MR) is 85.5 cm³/mol. The normalized spacial score (nSPS) is 21.3. The number of ether oxygens (including phenoxy) is 1. The Morgan fingerprint density at radius 3 is 2.65 bits per heavy atom. The third-order valence-electron chi connectivity index (χ3n) is 4.05. The van der Waals surface area contributed by atoms with Gasteiger partial charge in [-0.2, -0.15) is 0 Å². The molecule has 2 heterocycles. The molecule has 0 radical (unpaired) electrons. The largest absolute Gasteiger partial charge is 0.362 e. The lowest BCUT2D eigenvalue weighted by Gasteiger charge is -2.38. The first-order valence-corrected chi connectivity index (χ1v) is 7.67. The average molecular weight is 321 g/mol. The van der Waals surface area contributed by atoms with Crippen molar-refractivity contribution >= 4 is 11.8 Å². The van der Waals surface area contributed by atoms with Gasteiger partial charge in [-0.25, -0.2) is 0 Å². The molecule has 1 aromatic rings. The standard InChI is InChI=1S/C16H23N3O4/c1-10(2)12-6-5-11(13(20)18-12)14(21)19-7-8-23-16(3,9-19)15(22)17-4/h5-6,10H,7-9H2,1-4H3,(H,17,22)(H,18,20)/t16-/m1/s1. The van der Waals surface area contributed by atoms with E-state index in [1.54, 1.807) is 19.1 Å². The number of H-pyrrole nitrogens is 1. The van der Waals surface area contributed by atoms with Crippen molar-refractivity contribution in [1.29, 1.82) is 0 Å². The molecule has 1 saturated heterocycles. The first-order chi connectivity index (χ1) is 10.8. The van der Waals surface area contributed by atoms with Gasteiger partial charge in [0.05, 0.1) is 13.2 Å². The Morgan fingerprint density at radius 1 is 1.39 bits per heavy atom. The van der Waals surface area contributed by atoms with Crippen LogP contribution in [0.5, 0.6) is 0 Å². The number of pyridine rings is 1. The minimum absolute atomic E-state index is 0.0792. The number of hydrogen-bond acceptors (Lipinski definition) is 4. The van der Waals surface area contributed by atoms with Crippen molar-refractivity contribution in [3.8, 4) is 0 Å². The van der Waals surface area contributed by atoms with Crippen molar-refractivity contribution < 1.29 is 14.3 Å². The number of amides is 2. The highest BCUT2D eigenvalue weighted by molar-refractivity contribution is 5.95. The lowest BCUT2D eigenvalue weighted by Crippen LogP contribution is -2.59. The Bertz CT molecular complexity index is 668. The van der Waals surface area contributed by atoms with Gasteiger partial charge in [-0.05, 0) is 25.0 Å². The van der Waals surface area contributed by atoms with E-state index in [-0.39, 0.29) is 36.4 Å². The molecule has 1 fully saturated rings. The highest BCUT2D eigenvalue weighted by atomic mass is 16.5. The van der Waals surface area contributed by atoms with Gasteiger partial charge >= 0.3 is 0 Å². The molecule has 2 N–H and O–H groups in total. The molecule has 2 rings (SSSR count). The topological polar surface area (TPSA) is 91.5 Å². The molecule has 23 heavy (non-hydrogen) atoms. The molecule has 0 unspecified atom stereocenters. The van der Waals surface area contributed by atoms with Crippen LogP contribution in [-0.2, 0) is 9.53 Å². The van der Waals surface area contributed by atoms with Crippen molar-refractivity contribution in [2.24, 2.45) is 0 Å². The molecule has 0 saturated carbocycles. The molecule has 1 aliphatic rings. The van der Waals surface area contributed by atoms with Gasteiger partial charge < -0.3 is 19.9 Å². The van der Waals surface area contributed by atoms with E-state index in [1.165, 1.54) is 11.9 Å². The number of aromatic amines is 1. The summed E-state index contributed by atoms with van der Waals surface area (Å²) >= 11 is 0. The lowest BCUT2D eigenvalue weighted by molar-refractivity contribution is -0.153. The van der Waals surface area contributed by atoms with Gasteiger partial charge in [0.25, 0.3) is 17.4 Å². The maximum absolute atomic E-state index is 12.6. The average Bonchev–Trinajstić information content (AvgIpc) is 2.53. The Morgan fingerprint density at radius 2 is 2.09 bits per heavy atom. The zero-order valence-corrected chi connectivity index (χ0v) is 13.9. The van der Waals surface area contributed by atoms with E-state index in [0.717, 1.165) is 5.69 Å². The summed E-state index contributed by atoms with van der Waals surface area (Å²) in [6.07, 6.45) is 0. The molecule has 1 aliphatic heterocycles. The molecule has 0 aliphatic carbocycles. The Balaban J connectivity index is 2.23. The van der Waals surface area contributed by atoms with Crippen LogP contribution in [-0.4, -0.2) is 54.0 Å². The van der Waals surface area contributed by atoms with Crippen LogP contribution < -0.4 is 10.9 Å². The molecular weight excluding hydrogens is 298 g/mol. The van der Waals surface area contributed by atoms with Crippen molar-refractivity contribution in [3.63, 3.8) is 0 Å². The van der Waals surface area contributed by atoms with Gasteiger partial charge in [0, 0.05) is 19.3 Å². The molecule has 1 atom stereocenters. The van der Waals surface area contributed by atoms with E-state index >= 15 is 0 Å². The number of carbonyl (C=O) groups excluding carboxylic acids is 2. The fourth-order valence-corrected chi connectivity index (χ4v) is 2.61. The summed E-state index contributed by atoms with van der Waals surface area (Å²) in [5.74, 6) is -0.508. The summed E-state index contributed by atoms with van der Waals surface area (Å²) in [7, 11) is 1.52. The van der Waals surface area contributed by atoms with Crippen molar-refractivity contribution in [1.82, 2.24) is 15.2 Å². The van der Waals surface area contributed by atoms with Crippen molar-refractivity contribution in [2.45, 2.75) is 32.3 Å². The molecule has 0 aromatic carbocycles. The lowest BCUT2D eigenvalue weighted by atomic mass is 10.0. The zero-order valence-electron chi connectivity index (χ0n) is 13.9. The zero-order chi connectivity index (χ0) is 17.2. The maximum atomic E-state index is 12.6. The molecule has 126 valence electrons. The monoisotopic (exact) mass is 321 g/mol. The molecule has 0 spiro atoms. The van der Waals surface area contributed by atoms with Gasteiger partial charge in [0.15, 0.2) is 5.60 Å². The van der Waals surface area contributed by atoms with Crippen LogP contribution >= 0.6 is 0 Å². The highest BCUT2D eigenvalue weighted by Gasteiger charge is 2.40. The Labute approximate surface area is 135 Å². The minimum Gasteiger partial charge on any atom is -0.362 e. The van der Waals surface area contributed by atoms with Crippen LogP contribution in [0, 0.1) is 0 Å². The number of aromatic nitrogens is 1. The van der Waals surface area contributed by atoms with Crippen LogP contribution in [0.2, 0.25) is 0 Å². The van der Waals surface area contributed by atoms with Gasteiger partial charge in [0.2, 0.25) is 0 Å². The van der Waals surface area contributed by atoms with E-state index in [9.17, 15) is 14.4 Å². The second-order valence-electron chi connectivity index (χ2n) is 6.20. The molecule has 1 aromatic heterocycles. The van der Waals surface area contributed by atoms with Crippen LogP contribution in [0.4, 0.5) is 0 Å². The first-order valence-electron chi connectivity index (χ1n) is 7.67. The smallest absolute Gasteiger partial charge is 0.261 e. The summed E-state index contributed by atoms with van der Waals surface area (Å²) in [5.41, 5.74) is -0.651. The third kappa shape index (κ3) is 3.44. The SMILES string of the molecule is CNC(=O)[C@@]1(C)CN(C(=O)c2ccc(C(C)C)[nH]c2=O)CCO1. The summed E-state index contributed by atoms with van der Waals surface area (Å²) in [4.78, 5) is 40.9. The molecule has 7 nitrogen and oxygen atoms in total. The van der Waals surface area contributed by atoms with Crippen LogP contribution in [0.1, 0.15) is 42.7 Å². The Kier molecular flexibility index (Phi) is 4.89. The van der Waals surface area contributed by atoms with Crippen LogP contribution in [0.3, 0.4) is 0 Å². The molecular formula is C16H23N3O4. The highest BCUT2D eigenvalue weighted by Crippen LogP contribution is 2.19. The number of hydrogen-bond donors (Lipinski definition) is 2. The second-order valence-corrected chi connectivity index (χ2v) is 6.20. The fourth-order valence-electron chi connectivity index (χ4n) is 2.61. The third-order valence-corrected chi connectivity index (χ3v) is 4.05. The first kappa shape index (κ1) is 17.2. The number of morpholine rings is 1. The van der Waals surface area contributed by atoms with Gasteiger partial charge in [0.1, 0.15) is 5.56 Å². The number of rotatable bonds is 3. The summed E-state index contributed by atoms with van der Waals surface area (Å²) in [6.45, 7) is 6.26. The molecule has 2 amide bonds. The Hall–Kier alpha value is -2.15. The molecule has 0 bridgehead atoms. The van der Waals surface area contributed by atoms with E-state index in [4.69, 9.17) is 4.74 Å². The van der Waals surface area contributed by atoms with Gasteiger partial charge in [-0.15, -0.1) is 0 Å². The van der Waals surface area contributed by atoms with Crippen LogP contribution in [0.25, 0.3) is 0 Å². The summed E-state index contributed by atoms with van der Waals surface area (Å²) in [6, 6.07) is 3.29. The van der Waals surface area contributed by atoms with Crippen molar-refractivity contribution in [3.05, 3.63) is 33.7 Å². The number of nitrogens with one attached hydrogen (secondary N) is 2. The predicted octanol–water partition coefficient (Wildman–Crippen LogP) is 0.475. The number of nitrogens with zero attached hydrogens (tertiary/aromatic N) is 1. The number of carbonyl (C=O) groups is 2. The quantitative estimate of drug-likeness (QED) is 0.847.